The molecule has 0 spiro atoms. The summed E-state index contributed by atoms with van der Waals surface area (Å²) in [5.41, 5.74) is 1.09. The summed E-state index contributed by atoms with van der Waals surface area (Å²) in [5.74, 6) is 2.11. The van der Waals surface area contributed by atoms with Gasteiger partial charge in [-0.1, -0.05) is 0 Å². The minimum atomic E-state index is 0.493. The van der Waals surface area contributed by atoms with Crippen molar-refractivity contribution in [3.05, 3.63) is 22.3 Å². The van der Waals surface area contributed by atoms with Gasteiger partial charge in [0, 0.05) is 36.4 Å². The number of methoxy groups -OCH3 is 1. The molecule has 1 atom stereocenters. The summed E-state index contributed by atoms with van der Waals surface area (Å²) in [4.78, 5) is 6.85. The highest BCUT2D eigenvalue weighted by atomic mass is 79.9. The Bertz CT molecular complexity index is 401. The quantitative estimate of drug-likeness (QED) is 0.789. The van der Waals surface area contributed by atoms with E-state index in [1.807, 2.05) is 6.20 Å². The van der Waals surface area contributed by atoms with Crippen molar-refractivity contribution in [2.45, 2.75) is 18.7 Å². The van der Waals surface area contributed by atoms with Gasteiger partial charge in [-0.3, -0.25) is 0 Å². The van der Waals surface area contributed by atoms with Gasteiger partial charge in [-0.2, -0.15) is 0 Å². The Kier molecular flexibility index (Phi) is 5.27. The molecule has 1 fully saturated rings. The Morgan fingerprint density at radius 1 is 1.61 bits per heavy atom. The monoisotopic (exact) mass is 332 g/mol. The van der Waals surface area contributed by atoms with Crippen molar-refractivity contribution in [3.8, 4) is 0 Å². The number of nitrogens with zero attached hydrogens (tertiary/aromatic N) is 2. The lowest BCUT2D eigenvalue weighted by atomic mass is 9.98. The molecule has 100 valence electrons. The van der Waals surface area contributed by atoms with E-state index in [9.17, 15) is 0 Å². The second-order valence-electron chi connectivity index (χ2n) is 4.68. The van der Waals surface area contributed by atoms with Crippen LogP contribution in [0.4, 0.5) is 5.82 Å². The first kappa shape index (κ1) is 14.1. The van der Waals surface area contributed by atoms with Crippen molar-refractivity contribution in [1.29, 1.82) is 0 Å². The van der Waals surface area contributed by atoms with Gasteiger partial charge in [-0.15, -0.1) is 11.6 Å². The molecule has 1 saturated heterocycles. The van der Waals surface area contributed by atoms with Crippen LogP contribution in [-0.2, 0) is 10.6 Å². The average Bonchev–Trinajstić information content (AvgIpc) is 2.39. The van der Waals surface area contributed by atoms with Crippen molar-refractivity contribution in [2.24, 2.45) is 5.92 Å². The summed E-state index contributed by atoms with van der Waals surface area (Å²) >= 11 is 9.45. The van der Waals surface area contributed by atoms with E-state index in [1.54, 1.807) is 7.11 Å². The summed E-state index contributed by atoms with van der Waals surface area (Å²) < 4.78 is 6.24. The normalized spacial score (nSPS) is 20.2. The third kappa shape index (κ3) is 3.37. The van der Waals surface area contributed by atoms with Crippen molar-refractivity contribution in [3.63, 3.8) is 0 Å². The molecule has 1 aliphatic rings. The van der Waals surface area contributed by atoms with E-state index in [0.29, 0.717) is 11.8 Å². The molecule has 0 aliphatic carbocycles. The van der Waals surface area contributed by atoms with Crippen LogP contribution in [-0.4, -0.2) is 31.8 Å². The number of hydrogen-bond donors (Lipinski definition) is 0. The molecule has 1 aliphatic heterocycles. The van der Waals surface area contributed by atoms with Gasteiger partial charge in [0.15, 0.2) is 0 Å². The number of hydrogen-bond acceptors (Lipinski definition) is 3. The van der Waals surface area contributed by atoms with Crippen LogP contribution in [0, 0.1) is 5.92 Å². The first-order chi connectivity index (χ1) is 8.74. The third-order valence-electron chi connectivity index (χ3n) is 3.27. The zero-order chi connectivity index (χ0) is 13.0. The van der Waals surface area contributed by atoms with E-state index in [-0.39, 0.29) is 0 Å². The Morgan fingerprint density at radius 2 is 2.44 bits per heavy atom. The van der Waals surface area contributed by atoms with Gasteiger partial charge >= 0.3 is 0 Å². The second kappa shape index (κ2) is 6.73. The van der Waals surface area contributed by atoms with E-state index in [4.69, 9.17) is 16.3 Å². The summed E-state index contributed by atoms with van der Waals surface area (Å²) in [6, 6.07) is 2.05. The fraction of sp³-hybridized carbons (Fsp3) is 0.615. The maximum Gasteiger partial charge on any atom is 0.133 e. The number of halogens is 2. The summed E-state index contributed by atoms with van der Waals surface area (Å²) in [7, 11) is 1.76. The topological polar surface area (TPSA) is 25.4 Å². The molecule has 0 bridgehead atoms. The molecular formula is C13H18BrClN2O. The molecule has 0 amide bonds. The van der Waals surface area contributed by atoms with Gasteiger partial charge in [-0.05, 0) is 40.8 Å². The lowest BCUT2D eigenvalue weighted by molar-refractivity contribution is 0.143. The van der Waals surface area contributed by atoms with Crippen LogP contribution in [0.15, 0.2) is 16.7 Å². The highest BCUT2D eigenvalue weighted by molar-refractivity contribution is 9.10. The largest absolute Gasteiger partial charge is 0.384 e. The van der Waals surface area contributed by atoms with Crippen LogP contribution in [0.5, 0.6) is 0 Å². The molecule has 2 heterocycles. The van der Waals surface area contributed by atoms with Crippen LogP contribution in [0.3, 0.4) is 0 Å². The van der Waals surface area contributed by atoms with Crippen LogP contribution < -0.4 is 4.90 Å². The number of alkyl halides is 1. The first-order valence-electron chi connectivity index (χ1n) is 6.19. The standard InChI is InChI=1S/C13H18BrClN2O/c1-18-9-10-3-2-4-17(8-10)13-11(6-15)5-12(14)7-16-13/h5,7,10H,2-4,6,8-9H2,1H3. The van der Waals surface area contributed by atoms with Crippen molar-refractivity contribution in [2.75, 3.05) is 31.7 Å². The molecule has 0 aromatic carbocycles. The molecule has 2 rings (SSSR count). The van der Waals surface area contributed by atoms with Crippen LogP contribution in [0.2, 0.25) is 0 Å². The lowest BCUT2D eigenvalue weighted by Crippen LogP contribution is -2.38. The molecule has 0 saturated carbocycles. The van der Waals surface area contributed by atoms with Crippen molar-refractivity contribution < 1.29 is 4.74 Å². The molecule has 3 nitrogen and oxygen atoms in total. The van der Waals surface area contributed by atoms with Crippen LogP contribution in [0.25, 0.3) is 0 Å². The van der Waals surface area contributed by atoms with Crippen LogP contribution >= 0.6 is 27.5 Å². The fourth-order valence-electron chi connectivity index (χ4n) is 2.49. The molecule has 5 heteroatoms. The lowest BCUT2D eigenvalue weighted by Gasteiger charge is -2.34. The van der Waals surface area contributed by atoms with Gasteiger partial charge in [0.2, 0.25) is 0 Å². The molecule has 18 heavy (non-hydrogen) atoms. The van der Waals surface area contributed by atoms with E-state index in [0.717, 1.165) is 35.6 Å². The van der Waals surface area contributed by atoms with E-state index in [2.05, 4.69) is 31.9 Å². The summed E-state index contributed by atoms with van der Waals surface area (Å²) in [6.45, 7) is 2.88. The van der Waals surface area contributed by atoms with Gasteiger partial charge in [0.25, 0.3) is 0 Å². The molecule has 1 aromatic heterocycles. The van der Waals surface area contributed by atoms with Crippen molar-refractivity contribution >= 4 is 33.3 Å². The molecule has 0 N–H and O–H groups in total. The van der Waals surface area contributed by atoms with Crippen LogP contribution in [0.1, 0.15) is 18.4 Å². The molecular weight excluding hydrogens is 316 g/mol. The smallest absolute Gasteiger partial charge is 0.133 e. The SMILES string of the molecule is COCC1CCCN(c2ncc(Br)cc2CCl)C1. The summed E-state index contributed by atoms with van der Waals surface area (Å²) in [6.07, 6.45) is 4.26. The Hall–Kier alpha value is -0.320. The fourth-order valence-corrected chi connectivity index (χ4v) is 3.06. The van der Waals surface area contributed by atoms with Crippen molar-refractivity contribution in [1.82, 2.24) is 4.98 Å². The Labute approximate surface area is 122 Å². The zero-order valence-electron chi connectivity index (χ0n) is 10.5. The highest BCUT2D eigenvalue weighted by Crippen LogP contribution is 2.27. The number of rotatable bonds is 4. The Morgan fingerprint density at radius 3 is 3.17 bits per heavy atom. The maximum absolute atomic E-state index is 6.01. The van der Waals surface area contributed by atoms with E-state index < -0.39 is 0 Å². The van der Waals surface area contributed by atoms with Gasteiger partial charge in [0.05, 0.1) is 12.5 Å². The summed E-state index contributed by atoms with van der Waals surface area (Å²) in [5, 5.41) is 0. The average molecular weight is 334 g/mol. The van der Waals surface area contributed by atoms with E-state index >= 15 is 0 Å². The number of aromatic nitrogens is 1. The highest BCUT2D eigenvalue weighted by Gasteiger charge is 2.22. The second-order valence-corrected chi connectivity index (χ2v) is 5.86. The minimum absolute atomic E-state index is 0.493. The number of ether oxygens (including phenoxy) is 1. The Balaban J connectivity index is 2.15. The number of pyridine rings is 1. The zero-order valence-corrected chi connectivity index (χ0v) is 12.9. The molecule has 1 aromatic rings. The predicted octanol–water partition coefficient (Wildman–Crippen LogP) is 3.45. The van der Waals surface area contributed by atoms with Gasteiger partial charge in [-0.25, -0.2) is 4.98 Å². The van der Waals surface area contributed by atoms with Gasteiger partial charge < -0.3 is 9.64 Å². The third-order valence-corrected chi connectivity index (χ3v) is 4.00. The molecule has 0 radical (unpaired) electrons. The van der Waals surface area contributed by atoms with Gasteiger partial charge in [0.1, 0.15) is 5.82 Å². The maximum atomic E-state index is 6.01. The number of anilines is 1. The predicted molar refractivity (Wildman–Crippen MR) is 78.3 cm³/mol. The minimum Gasteiger partial charge on any atom is -0.384 e. The number of piperidine rings is 1. The molecule has 1 unspecified atom stereocenters. The first-order valence-corrected chi connectivity index (χ1v) is 7.51. The van der Waals surface area contributed by atoms with E-state index in [1.165, 1.54) is 12.8 Å².